The number of nitrogens with zero attached hydrogens (tertiary/aromatic N) is 2. The summed E-state index contributed by atoms with van der Waals surface area (Å²) in [5.41, 5.74) is 2.92. The van der Waals surface area contributed by atoms with Crippen molar-refractivity contribution in [3.63, 3.8) is 0 Å². The zero-order valence-corrected chi connectivity index (χ0v) is 20.3. The molecule has 0 aromatic heterocycles. The van der Waals surface area contributed by atoms with Crippen LogP contribution in [0, 0.1) is 0 Å². The van der Waals surface area contributed by atoms with Crippen molar-refractivity contribution in [1.82, 2.24) is 4.90 Å². The molecule has 1 atom stereocenters. The summed E-state index contributed by atoms with van der Waals surface area (Å²) in [7, 11) is 1.58. The SMILES string of the molecule is COc1cc(N2CC=C(Oc3ccc(-c4ccccc4)cc3)C2=O)ccc1OCCN1CC[C@@H](O)C1. The van der Waals surface area contributed by atoms with Crippen LogP contribution >= 0.6 is 0 Å². The Morgan fingerprint density at radius 3 is 2.47 bits per heavy atom. The first kappa shape index (κ1) is 23.9. The van der Waals surface area contributed by atoms with Crippen LogP contribution in [0.3, 0.4) is 0 Å². The van der Waals surface area contributed by atoms with E-state index in [1.165, 1.54) is 0 Å². The van der Waals surface area contributed by atoms with Crippen LogP contribution in [-0.2, 0) is 4.79 Å². The fourth-order valence-electron chi connectivity index (χ4n) is 4.50. The van der Waals surface area contributed by atoms with Crippen LogP contribution in [0.25, 0.3) is 11.1 Å². The summed E-state index contributed by atoms with van der Waals surface area (Å²) < 4.78 is 17.4. The van der Waals surface area contributed by atoms with E-state index in [4.69, 9.17) is 14.2 Å². The number of carbonyl (C=O) groups is 1. The number of hydrogen-bond donors (Lipinski definition) is 1. The highest BCUT2D eigenvalue weighted by atomic mass is 16.5. The smallest absolute Gasteiger partial charge is 0.294 e. The van der Waals surface area contributed by atoms with Gasteiger partial charge in [0.15, 0.2) is 17.3 Å². The molecule has 0 spiro atoms. The molecule has 36 heavy (non-hydrogen) atoms. The van der Waals surface area contributed by atoms with Crippen molar-refractivity contribution in [3.8, 4) is 28.4 Å². The quantitative estimate of drug-likeness (QED) is 0.491. The number of ether oxygens (including phenoxy) is 3. The van der Waals surface area contributed by atoms with E-state index in [9.17, 15) is 9.90 Å². The van der Waals surface area contributed by atoms with Gasteiger partial charge in [-0.3, -0.25) is 9.69 Å². The number of anilines is 1. The van der Waals surface area contributed by atoms with Gasteiger partial charge in [-0.05, 0) is 47.9 Å². The standard InChI is InChI=1S/C29H30N2O5/c1-34-28-19-23(9-12-26(28)35-18-17-30-15-13-24(32)20-30)31-16-14-27(29(31)33)36-25-10-7-22(8-11-25)21-5-3-2-4-6-21/h2-12,14,19,24,32H,13,15-18,20H2,1H3/t24-/m1/s1. The van der Waals surface area contributed by atoms with Crippen LogP contribution in [0.2, 0.25) is 0 Å². The lowest BCUT2D eigenvalue weighted by molar-refractivity contribution is -0.116. The van der Waals surface area contributed by atoms with Gasteiger partial charge in [-0.1, -0.05) is 42.5 Å². The lowest BCUT2D eigenvalue weighted by Crippen LogP contribution is -2.28. The molecule has 2 aliphatic rings. The van der Waals surface area contributed by atoms with Crippen molar-refractivity contribution < 1.29 is 24.1 Å². The number of benzene rings is 3. The number of β-amino-alcohol motifs (C(OH)–C–C–N with tert-alkyl or cyclic N) is 1. The highest BCUT2D eigenvalue weighted by molar-refractivity contribution is 6.07. The molecular formula is C29H30N2O5. The van der Waals surface area contributed by atoms with Crippen molar-refractivity contribution in [2.45, 2.75) is 12.5 Å². The Balaban J connectivity index is 1.19. The minimum Gasteiger partial charge on any atom is -0.493 e. The average molecular weight is 487 g/mol. The van der Waals surface area contributed by atoms with E-state index in [1.54, 1.807) is 24.2 Å². The van der Waals surface area contributed by atoms with Crippen molar-refractivity contribution in [3.05, 3.63) is 84.6 Å². The number of aliphatic hydroxyl groups excluding tert-OH is 1. The second kappa shape index (κ2) is 10.8. The monoisotopic (exact) mass is 486 g/mol. The number of methoxy groups -OCH3 is 1. The van der Waals surface area contributed by atoms with Crippen LogP contribution in [0.5, 0.6) is 17.2 Å². The molecule has 0 saturated carbocycles. The van der Waals surface area contributed by atoms with Crippen molar-refractivity contribution in [2.75, 3.05) is 44.8 Å². The Hall–Kier alpha value is -3.81. The highest BCUT2D eigenvalue weighted by Crippen LogP contribution is 2.34. The Labute approximate surface area is 211 Å². The number of aliphatic hydroxyl groups is 1. The van der Waals surface area contributed by atoms with Gasteiger partial charge in [0.05, 0.1) is 13.2 Å². The van der Waals surface area contributed by atoms with E-state index in [1.807, 2.05) is 54.6 Å². The largest absolute Gasteiger partial charge is 0.493 e. The van der Waals surface area contributed by atoms with Crippen molar-refractivity contribution in [1.29, 1.82) is 0 Å². The molecule has 1 amide bonds. The first-order chi connectivity index (χ1) is 17.6. The third kappa shape index (κ3) is 5.37. The van der Waals surface area contributed by atoms with Crippen LogP contribution in [0.1, 0.15) is 6.42 Å². The summed E-state index contributed by atoms with van der Waals surface area (Å²) in [6, 6.07) is 23.3. The van der Waals surface area contributed by atoms with Crippen LogP contribution in [0.15, 0.2) is 84.6 Å². The Morgan fingerprint density at radius 1 is 0.972 bits per heavy atom. The Morgan fingerprint density at radius 2 is 1.75 bits per heavy atom. The van der Waals surface area contributed by atoms with E-state index in [0.29, 0.717) is 48.4 Å². The zero-order valence-electron chi connectivity index (χ0n) is 20.3. The number of likely N-dealkylation sites (tertiary alicyclic amines) is 1. The van der Waals surface area contributed by atoms with E-state index in [2.05, 4.69) is 17.0 Å². The number of hydrogen-bond acceptors (Lipinski definition) is 6. The van der Waals surface area contributed by atoms with Gasteiger partial charge < -0.3 is 24.2 Å². The molecule has 186 valence electrons. The molecule has 1 saturated heterocycles. The predicted molar refractivity (Wildman–Crippen MR) is 138 cm³/mol. The fraction of sp³-hybridized carbons (Fsp3) is 0.276. The summed E-state index contributed by atoms with van der Waals surface area (Å²) in [5.74, 6) is 1.89. The molecule has 3 aromatic carbocycles. The minimum absolute atomic E-state index is 0.203. The number of amides is 1. The first-order valence-corrected chi connectivity index (χ1v) is 12.2. The molecule has 0 unspecified atom stereocenters. The van der Waals surface area contributed by atoms with E-state index in [-0.39, 0.29) is 12.0 Å². The van der Waals surface area contributed by atoms with Crippen LogP contribution < -0.4 is 19.1 Å². The molecule has 0 aliphatic carbocycles. The van der Waals surface area contributed by atoms with E-state index in [0.717, 1.165) is 30.6 Å². The van der Waals surface area contributed by atoms with Gasteiger partial charge in [-0.25, -0.2) is 0 Å². The van der Waals surface area contributed by atoms with Crippen LogP contribution in [0.4, 0.5) is 5.69 Å². The van der Waals surface area contributed by atoms with Gasteiger partial charge in [0.1, 0.15) is 12.4 Å². The molecule has 2 aliphatic heterocycles. The number of rotatable bonds is 9. The summed E-state index contributed by atoms with van der Waals surface area (Å²) in [6.45, 7) is 3.21. The lowest BCUT2D eigenvalue weighted by atomic mass is 10.1. The van der Waals surface area contributed by atoms with Crippen molar-refractivity contribution >= 4 is 11.6 Å². The van der Waals surface area contributed by atoms with E-state index < -0.39 is 0 Å². The summed E-state index contributed by atoms with van der Waals surface area (Å²) >= 11 is 0. The fourth-order valence-corrected chi connectivity index (χ4v) is 4.50. The minimum atomic E-state index is -0.243. The maximum absolute atomic E-state index is 13.1. The summed E-state index contributed by atoms with van der Waals surface area (Å²) in [6.07, 6.45) is 2.35. The maximum Gasteiger partial charge on any atom is 0.294 e. The van der Waals surface area contributed by atoms with Gasteiger partial charge in [0, 0.05) is 37.9 Å². The molecular weight excluding hydrogens is 456 g/mol. The van der Waals surface area contributed by atoms with Gasteiger partial charge in [-0.2, -0.15) is 0 Å². The Kier molecular flexibility index (Phi) is 7.21. The molecule has 7 nitrogen and oxygen atoms in total. The molecule has 1 fully saturated rings. The van der Waals surface area contributed by atoms with Gasteiger partial charge in [0.2, 0.25) is 0 Å². The predicted octanol–water partition coefficient (Wildman–Crippen LogP) is 4.12. The number of carbonyl (C=O) groups excluding carboxylic acids is 1. The normalized spacial score (nSPS) is 17.8. The van der Waals surface area contributed by atoms with Crippen LogP contribution in [-0.4, -0.2) is 61.9 Å². The molecule has 2 heterocycles. The zero-order chi connectivity index (χ0) is 24.9. The lowest BCUT2D eigenvalue weighted by Gasteiger charge is -2.20. The average Bonchev–Trinajstić information content (AvgIpc) is 3.50. The third-order valence-electron chi connectivity index (χ3n) is 6.48. The molecule has 7 heteroatoms. The van der Waals surface area contributed by atoms with Crippen molar-refractivity contribution in [2.24, 2.45) is 0 Å². The first-order valence-electron chi connectivity index (χ1n) is 12.2. The molecule has 0 bridgehead atoms. The topological polar surface area (TPSA) is 71.5 Å². The molecule has 5 rings (SSSR count). The van der Waals surface area contributed by atoms with Gasteiger partial charge in [-0.15, -0.1) is 0 Å². The maximum atomic E-state index is 13.1. The highest BCUT2D eigenvalue weighted by Gasteiger charge is 2.28. The Bertz CT molecular complexity index is 1230. The second-order valence-corrected chi connectivity index (χ2v) is 8.90. The summed E-state index contributed by atoms with van der Waals surface area (Å²) in [4.78, 5) is 16.9. The molecule has 3 aromatic rings. The van der Waals surface area contributed by atoms with Gasteiger partial charge in [0.25, 0.3) is 5.91 Å². The third-order valence-corrected chi connectivity index (χ3v) is 6.48. The molecule has 1 N–H and O–H groups in total. The second-order valence-electron chi connectivity index (χ2n) is 8.90. The van der Waals surface area contributed by atoms with E-state index >= 15 is 0 Å². The summed E-state index contributed by atoms with van der Waals surface area (Å²) in [5, 5.41) is 9.66. The molecule has 0 radical (unpaired) electrons. The van der Waals surface area contributed by atoms with Gasteiger partial charge >= 0.3 is 0 Å².